The van der Waals surface area contributed by atoms with E-state index in [2.05, 4.69) is 73.1 Å². The summed E-state index contributed by atoms with van der Waals surface area (Å²) in [5.41, 5.74) is 0. The third-order valence-corrected chi connectivity index (χ3v) is 7.48. The summed E-state index contributed by atoms with van der Waals surface area (Å²) in [4.78, 5) is 42.6. The van der Waals surface area contributed by atoms with E-state index in [9.17, 15) is 14.2 Å². The Bertz CT molecular complexity index is 1050. The van der Waals surface area contributed by atoms with Crippen LogP contribution in [0.25, 0.3) is 0 Å². The van der Waals surface area contributed by atoms with E-state index in [4.69, 9.17) is 19.3 Å². The predicted octanol–water partition coefficient (Wildman–Crippen LogP) is 10.5. The van der Waals surface area contributed by atoms with Crippen LogP contribution in [0.2, 0.25) is 0 Å². The maximum absolute atomic E-state index is 12.3. The molecule has 0 heterocycles. The Morgan fingerprint density at radius 1 is 0.583 bits per heavy atom. The number of unbranched alkanes of at least 4 members (excludes halogenated alkanes) is 10. The van der Waals surface area contributed by atoms with E-state index in [0.717, 1.165) is 70.6 Å². The molecule has 272 valence electrons. The van der Waals surface area contributed by atoms with E-state index in [1.165, 1.54) is 19.3 Å². The first-order valence-corrected chi connectivity index (χ1v) is 19.5. The smallest absolute Gasteiger partial charge is 0.462 e. The summed E-state index contributed by atoms with van der Waals surface area (Å²) in [6.07, 6.45) is 44.4. The highest BCUT2D eigenvalue weighted by Gasteiger charge is 2.22. The lowest BCUT2D eigenvalue weighted by Gasteiger charge is -2.18. The average molecular weight is 691 g/mol. The fourth-order valence-electron chi connectivity index (χ4n) is 4.33. The van der Waals surface area contributed by atoms with Crippen LogP contribution in [0.5, 0.6) is 0 Å². The molecule has 0 radical (unpaired) electrons. The van der Waals surface area contributed by atoms with Crippen LogP contribution in [0, 0.1) is 0 Å². The summed E-state index contributed by atoms with van der Waals surface area (Å²) >= 11 is 0. The van der Waals surface area contributed by atoms with Gasteiger partial charge in [-0.2, -0.15) is 0 Å². The molecule has 0 aliphatic rings. The second-order valence-electron chi connectivity index (χ2n) is 11.5. The van der Waals surface area contributed by atoms with Crippen molar-refractivity contribution in [3.8, 4) is 0 Å². The number of hydrogen-bond donors (Lipinski definition) is 2. The third kappa shape index (κ3) is 36.1. The second kappa shape index (κ2) is 34.1. The number of phosphoric acid groups is 1. The van der Waals surface area contributed by atoms with Crippen molar-refractivity contribution in [1.29, 1.82) is 0 Å². The lowest BCUT2D eigenvalue weighted by Crippen LogP contribution is -2.29. The molecule has 0 aromatic heterocycles. The first-order valence-electron chi connectivity index (χ1n) is 17.9. The first kappa shape index (κ1) is 45.2. The van der Waals surface area contributed by atoms with Crippen molar-refractivity contribution in [2.75, 3.05) is 13.2 Å². The number of phosphoric ester groups is 1. The molecule has 0 aliphatic heterocycles. The van der Waals surface area contributed by atoms with Gasteiger partial charge in [-0.25, -0.2) is 4.57 Å². The van der Waals surface area contributed by atoms with Crippen LogP contribution in [0.4, 0.5) is 0 Å². The zero-order valence-corrected chi connectivity index (χ0v) is 30.5. The van der Waals surface area contributed by atoms with E-state index in [0.29, 0.717) is 12.8 Å². The molecule has 0 bridgehead atoms. The van der Waals surface area contributed by atoms with Crippen LogP contribution < -0.4 is 0 Å². The molecular weight excluding hydrogens is 627 g/mol. The second-order valence-corrected chi connectivity index (χ2v) is 12.8. The van der Waals surface area contributed by atoms with Gasteiger partial charge in [0.05, 0.1) is 6.61 Å². The lowest BCUT2D eigenvalue weighted by atomic mass is 10.1. The van der Waals surface area contributed by atoms with Crippen molar-refractivity contribution in [2.45, 2.75) is 136 Å². The summed E-state index contributed by atoms with van der Waals surface area (Å²) in [5, 5.41) is 0. The van der Waals surface area contributed by atoms with Gasteiger partial charge in [-0.3, -0.25) is 14.1 Å². The van der Waals surface area contributed by atoms with Crippen LogP contribution in [0.3, 0.4) is 0 Å². The minimum absolute atomic E-state index is 0.152. The van der Waals surface area contributed by atoms with Crippen molar-refractivity contribution < 1.29 is 37.9 Å². The predicted molar refractivity (Wildman–Crippen MR) is 197 cm³/mol. The van der Waals surface area contributed by atoms with Crippen LogP contribution >= 0.6 is 7.82 Å². The highest BCUT2D eigenvalue weighted by molar-refractivity contribution is 7.46. The molecule has 0 spiro atoms. The molecule has 0 saturated heterocycles. The molecule has 8 nitrogen and oxygen atoms in total. The highest BCUT2D eigenvalue weighted by Crippen LogP contribution is 2.35. The standard InChI is InChI=1S/C39H63O8P/c1-3-5-7-9-11-13-15-17-19-21-23-25-27-29-31-33-38(40)45-35-37(36-46-48(42,43)44)47-39(41)34-32-30-28-26-24-22-20-18-16-14-12-10-8-6-4-2/h5,7,9,11-15,17-20,24,26,37H,3-4,6,8,10,16,21-23,25,27-36H2,1-2H3,(H2,42,43,44)/b7-5+,11-9+,14-12+,15-13+,19-17+,20-18+,26-24+/t37-/m1/s1. The average Bonchev–Trinajstić information content (AvgIpc) is 3.05. The number of rotatable bonds is 31. The molecule has 2 N–H and O–H groups in total. The number of hydrogen-bond acceptors (Lipinski definition) is 6. The summed E-state index contributed by atoms with van der Waals surface area (Å²) in [6.45, 7) is 3.43. The topological polar surface area (TPSA) is 119 Å². The van der Waals surface area contributed by atoms with Crippen molar-refractivity contribution in [2.24, 2.45) is 0 Å². The molecule has 48 heavy (non-hydrogen) atoms. The van der Waals surface area contributed by atoms with Gasteiger partial charge < -0.3 is 19.3 Å². The van der Waals surface area contributed by atoms with Gasteiger partial charge in [-0.15, -0.1) is 0 Å². The van der Waals surface area contributed by atoms with Crippen LogP contribution in [0.15, 0.2) is 85.1 Å². The molecular formula is C39H63O8P. The fraction of sp³-hybridized carbons (Fsp3) is 0.590. The van der Waals surface area contributed by atoms with Gasteiger partial charge in [0, 0.05) is 12.8 Å². The summed E-state index contributed by atoms with van der Waals surface area (Å²) in [7, 11) is -4.77. The van der Waals surface area contributed by atoms with E-state index >= 15 is 0 Å². The van der Waals surface area contributed by atoms with Gasteiger partial charge in [-0.05, 0) is 70.6 Å². The van der Waals surface area contributed by atoms with Crippen molar-refractivity contribution in [3.05, 3.63) is 85.1 Å². The van der Waals surface area contributed by atoms with Gasteiger partial charge in [0.15, 0.2) is 6.10 Å². The molecule has 0 amide bonds. The number of carbonyl (C=O) groups is 2. The molecule has 0 rings (SSSR count). The minimum Gasteiger partial charge on any atom is -0.462 e. The highest BCUT2D eigenvalue weighted by atomic mass is 31.2. The summed E-state index contributed by atoms with van der Waals surface area (Å²) in [6, 6.07) is 0. The van der Waals surface area contributed by atoms with E-state index in [1.807, 2.05) is 30.4 Å². The van der Waals surface area contributed by atoms with E-state index < -0.39 is 32.5 Å². The Balaban J connectivity index is 4.14. The first-order chi connectivity index (χ1) is 23.3. The Labute approximate surface area is 291 Å². The molecule has 9 heteroatoms. The molecule has 0 aliphatic carbocycles. The van der Waals surface area contributed by atoms with Gasteiger partial charge in [0.25, 0.3) is 0 Å². The molecule has 0 aromatic rings. The van der Waals surface area contributed by atoms with Gasteiger partial charge in [0.1, 0.15) is 6.61 Å². The van der Waals surface area contributed by atoms with E-state index in [-0.39, 0.29) is 19.4 Å². The van der Waals surface area contributed by atoms with E-state index in [1.54, 1.807) is 0 Å². The summed E-state index contributed by atoms with van der Waals surface area (Å²) < 4.78 is 26.2. The maximum atomic E-state index is 12.3. The normalized spacial score (nSPS) is 13.5. The van der Waals surface area contributed by atoms with Crippen molar-refractivity contribution in [1.82, 2.24) is 0 Å². The Kier molecular flexibility index (Phi) is 32.1. The summed E-state index contributed by atoms with van der Waals surface area (Å²) in [5.74, 6) is -0.968. The number of carbonyl (C=O) groups excluding carboxylic acids is 2. The zero-order chi connectivity index (χ0) is 35.4. The number of esters is 2. The fourth-order valence-corrected chi connectivity index (χ4v) is 4.69. The lowest BCUT2D eigenvalue weighted by molar-refractivity contribution is -0.161. The van der Waals surface area contributed by atoms with Crippen LogP contribution in [-0.4, -0.2) is 41.0 Å². The third-order valence-electron chi connectivity index (χ3n) is 6.99. The largest absolute Gasteiger partial charge is 0.469 e. The Morgan fingerprint density at radius 2 is 1.08 bits per heavy atom. The maximum Gasteiger partial charge on any atom is 0.469 e. The zero-order valence-electron chi connectivity index (χ0n) is 29.6. The monoisotopic (exact) mass is 690 g/mol. The SMILES string of the molecule is CC/C=C/C=C/C=C/C=C/CCCCCCCC(=O)OC[C@H](COP(=O)(O)O)OC(=O)CCCC/C=C/C/C=C/C/C=C/CCCCC. The van der Waals surface area contributed by atoms with Crippen molar-refractivity contribution in [3.63, 3.8) is 0 Å². The minimum atomic E-state index is -4.77. The van der Waals surface area contributed by atoms with Crippen LogP contribution in [0.1, 0.15) is 129 Å². The Hall–Kier alpha value is -2.77. The van der Waals surface area contributed by atoms with Gasteiger partial charge in [0.2, 0.25) is 0 Å². The number of ether oxygens (including phenoxy) is 2. The van der Waals surface area contributed by atoms with Gasteiger partial charge >= 0.3 is 19.8 Å². The van der Waals surface area contributed by atoms with Crippen molar-refractivity contribution >= 4 is 19.8 Å². The number of allylic oxidation sites excluding steroid dienone is 14. The molecule has 0 aromatic carbocycles. The van der Waals surface area contributed by atoms with Crippen LogP contribution in [-0.2, 0) is 28.2 Å². The Morgan fingerprint density at radius 3 is 1.73 bits per heavy atom. The quantitative estimate of drug-likeness (QED) is 0.0242. The molecule has 0 fully saturated rings. The molecule has 1 atom stereocenters. The van der Waals surface area contributed by atoms with Gasteiger partial charge in [-0.1, -0.05) is 131 Å². The molecule has 0 unspecified atom stereocenters. The molecule has 0 saturated carbocycles.